The van der Waals surface area contributed by atoms with E-state index in [1.54, 1.807) is 4.90 Å². The van der Waals surface area contributed by atoms with Gasteiger partial charge in [0, 0.05) is 51.3 Å². The van der Waals surface area contributed by atoms with Crippen molar-refractivity contribution >= 4 is 17.5 Å². The van der Waals surface area contributed by atoms with Crippen molar-refractivity contribution in [3.63, 3.8) is 0 Å². The topological polar surface area (TPSA) is 52.7 Å². The van der Waals surface area contributed by atoms with Crippen molar-refractivity contribution in [2.45, 2.75) is 19.3 Å². The number of nitrogens with zero attached hydrogens (tertiary/aromatic N) is 2. The van der Waals surface area contributed by atoms with Crippen LogP contribution in [0, 0.1) is 11.8 Å². The van der Waals surface area contributed by atoms with Gasteiger partial charge in [-0.25, -0.2) is 0 Å². The van der Waals surface area contributed by atoms with Gasteiger partial charge in [0.2, 0.25) is 11.8 Å². The Labute approximate surface area is 136 Å². The predicted octanol–water partition coefficient (Wildman–Crippen LogP) is 1.03. The molecule has 0 radical (unpaired) electrons. The molecule has 5 nitrogen and oxygen atoms in total. The van der Waals surface area contributed by atoms with E-state index < -0.39 is 0 Å². The summed E-state index contributed by atoms with van der Waals surface area (Å²) in [6.07, 6.45) is 1.78. The van der Waals surface area contributed by atoms with Crippen LogP contribution in [0.5, 0.6) is 0 Å². The third-order valence-electron chi connectivity index (χ3n) is 5.48. The molecule has 122 valence electrons. The van der Waals surface area contributed by atoms with Crippen LogP contribution in [0.3, 0.4) is 0 Å². The maximum atomic E-state index is 12.5. The zero-order chi connectivity index (χ0) is 15.8. The van der Waals surface area contributed by atoms with Crippen LogP contribution in [0.1, 0.15) is 18.4 Å². The van der Waals surface area contributed by atoms with E-state index in [0.29, 0.717) is 31.2 Å². The molecule has 3 aliphatic rings. The van der Waals surface area contributed by atoms with Crippen molar-refractivity contribution < 1.29 is 9.59 Å². The Hall–Kier alpha value is -1.88. The van der Waals surface area contributed by atoms with Gasteiger partial charge in [-0.1, -0.05) is 18.2 Å². The number of carbonyl (C=O) groups is 2. The third kappa shape index (κ3) is 2.74. The second-order valence-corrected chi connectivity index (χ2v) is 6.90. The van der Waals surface area contributed by atoms with Gasteiger partial charge in [0.15, 0.2) is 0 Å². The fourth-order valence-corrected chi connectivity index (χ4v) is 4.17. The lowest BCUT2D eigenvalue weighted by Gasteiger charge is -2.30. The van der Waals surface area contributed by atoms with Crippen molar-refractivity contribution in [3.8, 4) is 0 Å². The van der Waals surface area contributed by atoms with Crippen molar-refractivity contribution in [2.75, 3.05) is 37.6 Å². The summed E-state index contributed by atoms with van der Waals surface area (Å²) >= 11 is 0. The number of para-hydroxylation sites is 1. The SMILES string of the molecule is O=C(CCN1C(=O)CCc2ccccc21)N1C[C@H]2CNC[C@H]2C1. The molecule has 0 aromatic heterocycles. The number of carbonyl (C=O) groups excluding carboxylic acids is 2. The molecule has 0 spiro atoms. The number of hydrogen-bond acceptors (Lipinski definition) is 3. The van der Waals surface area contributed by atoms with Crippen molar-refractivity contribution in [1.29, 1.82) is 0 Å². The largest absolute Gasteiger partial charge is 0.342 e. The van der Waals surface area contributed by atoms with E-state index in [9.17, 15) is 9.59 Å². The maximum absolute atomic E-state index is 12.5. The van der Waals surface area contributed by atoms with Crippen LogP contribution >= 0.6 is 0 Å². The normalized spacial score (nSPS) is 26.3. The van der Waals surface area contributed by atoms with Crippen LogP contribution in [0.15, 0.2) is 24.3 Å². The molecule has 1 N–H and O–H groups in total. The number of anilines is 1. The first-order valence-corrected chi connectivity index (χ1v) is 8.59. The molecule has 0 saturated carbocycles. The summed E-state index contributed by atoms with van der Waals surface area (Å²) in [5, 5.41) is 3.39. The van der Waals surface area contributed by atoms with Crippen LogP contribution in [0.2, 0.25) is 0 Å². The molecule has 0 aliphatic carbocycles. The van der Waals surface area contributed by atoms with Gasteiger partial charge in [-0.05, 0) is 29.9 Å². The summed E-state index contributed by atoms with van der Waals surface area (Å²) in [6, 6.07) is 8.03. The van der Waals surface area contributed by atoms with E-state index in [-0.39, 0.29) is 11.8 Å². The highest BCUT2D eigenvalue weighted by molar-refractivity contribution is 5.97. The van der Waals surface area contributed by atoms with E-state index in [1.807, 2.05) is 23.1 Å². The fraction of sp³-hybridized carbons (Fsp3) is 0.556. The van der Waals surface area contributed by atoms with E-state index in [4.69, 9.17) is 0 Å². The lowest BCUT2D eigenvalue weighted by Crippen LogP contribution is -2.39. The van der Waals surface area contributed by atoms with Gasteiger partial charge in [-0.15, -0.1) is 0 Å². The molecule has 2 atom stereocenters. The van der Waals surface area contributed by atoms with E-state index in [1.165, 1.54) is 5.56 Å². The third-order valence-corrected chi connectivity index (χ3v) is 5.48. The highest BCUT2D eigenvalue weighted by Gasteiger charge is 2.38. The van der Waals surface area contributed by atoms with Gasteiger partial charge in [0.05, 0.1) is 0 Å². The van der Waals surface area contributed by atoms with Crippen molar-refractivity contribution in [2.24, 2.45) is 11.8 Å². The quantitative estimate of drug-likeness (QED) is 0.907. The average Bonchev–Trinajstić information content (AvgIpc) is 3.15. The molecule has 1 aromatic carbocycles. The first-order valence-electron chi connectivity index (χ1n) is 8.59. The van der Waals surface area contributed by atoms with Crippen LogP contribution in [0.4, 0.5) is 5.69 Å². The minimum Gasteiger partial charge on any atom is -0.342 e. The van der Waals surface area contributed by atoms with Gasteiger partial charge in [0.1, 0.15) is 0 Å². The number of rotatable bonds is 3. The first-order chi connectivity index (χ1) is 11.2. The summed E-state index contributed by atoms with van der Waals surface area (Å²) in [6.45, 7) is 4.32. The van der Waals surface area contributed by atoms with Crippen LogP contribution in [0.25, 0.3) is 0 Å². The smallest absolute Gasteiger partial charge is 0.227 e. The van der Waals surface area contributed by atoms with Gasteiger partial charge in [0.25, 0.3) is 0 Å². The number of benzene rings is 1. The molecule has 4 rings (SSSR count). The van der Waals surface area contributed by atoms with Gasteiger partial charge < -0.3 is 15.1 Å². The number of nitrogens with one attached hydrogen (secondary N) is 1. The Kier molecular flexibility index (Phi) is 3.81. The van der Waals surface area contributed by atoms with E-state index in [0.717, 1.165) is 38.3 Å². The molecule has 0 unspecified atom stereocenters. The second kappa shape index (κ2) is 5.96. The maximum Gasteiger partial charge on any atom is 0.227 e. The molecule has 1 aromatic rings. The van der Waals surface area contributed by atoms with Crippen molar-refractivity contribution in [3.05, 3.63) is 29.8 Å². The summed E-state index contributed by atoms with van der Waals surface area (Å²) in [4.78, 5) is 28.5. The summed E-state index contributed by atoms with van der Waals surface area (Å²) in [7, 11) is 0. The lowest BCUT2D eigenvalue weighted by molar-refractivity contribution is -0.130. The minimum atomic E-state index is 0.138. The highest BCUT2D eigenvalue weighted by atomic mass is 16.2. The summed E-state index contributed by atoms with van der Waals surface area (Å²) in [5.74, 6) is 1.57. The molecule has 2 fully saturated rings. The Morgan fingerprint density at radius 2 is 1.87 bits per heavy atom. The van der Waals surface area contributed by atoms with Crippen LogP contribution in [-0.2, 0) is 16.0 Å². The van der Waals surface area contributed by atoms with Gasteiger partial charge in [-0.3, -0.25) is 9.59 Å². The minimum absolute atomic E-state index is 0.138. The highest BCUT2D eigenvalue weighted by Crippen LogP contribution is 2.29. The van der Waals surface area contributed by atoms with Gasteiger partial charge in [-0.2, -0.15) is 0 Å². The molecule has 5 heteroatoms. The summed E-state index contributed by atoms with van der Waals surface area (Å²) in [5.41, 5.74) is 2.19. The number of fused-ring (bicyclic) bond motifs is 2. The standard InChI is InChI=1S/C18H23N3O2/c22-17(20-11-14-9-19-10-15(14)12-20)7-8-21-16-4-2-1-3-13(16)5-6-18(21)23/h1-4,14-15,19H,5-12H2/t14-,15+. The first kappa shape index (κ1) is 14.7. The molecular formula is C18H23N3O2. The van der Waals surface area contributed by atoms with Gasteiger partial charge >= 0.3 is 0 Å². The van der Waals surface area contributed by atoms with E-state index >= 15 is 0 Å². The Morgan fingerprint density at radius 3 is 2.65 bits per heavy atom. The molecule has 2 amide bonds. The Morgan fingerprint density at radius 1 is 1.13 bits per heavy atom. The average molecular weight is 313 g/mol. The van der Waals surface area contributed by atoms with Crippen LogP contribution in [-0.4, -0.2) is 49.4 Å². The Bertz CT molecular complexity index is 618. The zero-order valence-corrected chi connectivity index (χ0v) is 13.3. The predicted molar refractivity (Wildman–Crippen MR) is 88.2 cm³/mol. The molecular weight excluding hydrogens is 290 g/mol. The monoisotopic (exact) mass is 313 g/mol. The Balaban J connectivity index is 1.39. The fourth-order valence-electron chi connectivity index (χ4n) is 4.17. The zero-order valence-electron chi connectivity index (χ0n) is 13.3. The molecule has 3 heterocycles. The number of likely N-dealkylation sites (tertiary alicyclic amines) is 1. The lowest BCUT2D eigenvalue weighted by atomic mass is 10.0. The molecule has 23 heavy (non-hydrogen) atoms. The molecule has 2 saturated heterocycles. The second-order valence-electron chi connectivity index (χ2n) is 6.90. The summed E-state index contributed by atoms with van der Waals surface area (Å²) < 4.78 is 0. The number of hydrogen-bond donors (Lipinski definition) is 1. The van der Waals surface area contributed by atoms with Crippen LogP contribution < -0.4 is 10.2 Å². The molecule has 3 aliphatic heterocycles. The number of aryl methyl sites for hydroxylation is 1. The molecule has 0 bridgehead atoms. The van der Waals surface area contributed by atoms with E-state index in [2.05, 4.69) is 11.4 Å². The van der Waals surface area contributed by atoms with Crippen molar-refractivity contribution in [1.82, 2.24) is 10.2 Å². The number of amides is 2.